The topological polar surface area (TPSA) is 41.1 Å². The van der Waals surface area contributed by atoms with E-state index in [2.05, 4.69) is 45.6 Å². The van der Waals surface area contributed by atoms with Crippen molar-refractivity contribution in [2.75, 3.05) is 13.1 Å². The fourth-order valence-electron chi connectivity index (χ4n) is 1.71. The van der Waals surface area contributed by atoms with E-state index in [9.17, 15) is 4.79 Å². The molecule has 0 fully saturated rings. The third kappa shape index (κ3) is 5.33. The normalized spacial score (nSPS) is 12.2. The highest BCUT2D eigenvalue weighted by atomic mass is 79.9. The highest BCUT2D eigenvalue weighted by Crippen LogP contribution is 2.20. The highest BCUT2D eigenvalue weighted by Gasteiger charge is 2.08. The standard InChI is InChI=1S/C13H19BrN2O/c1-3-13(16-8-7-15-10(2)17)11-5-4-6-12(14)9-11/h4-6,9,13,16H,3,7-8H2,1-2H3,(H,15,17). The molecule has 0 saturated carbocycles. The van der Waals surface area contributed by atoms with Crippen molar-refractivity contribution >= 4 is 21.8 Å². The Morgan fingerprint density at radius 2 is 2.18 bits per heavy atom. The molecule has 0 radical (unpaired) electrons. The lowest BCUT2D eigenvalue weighted by molar-refractivity contribution is -0.118. The molecule has 1 rings (SSSR count). The van der Waals surface area contributed by atoms with E-state index in [0.717, 1.165) is 17.4 Å². The molecule has 0 aromatic heterocycles. The summed E-state index contributed by atoms with van der Waals surface area (Å²) >= 11 is 3.48. The van der Waals surface area contributed by atoms with Crippen LogP contribution in [0.2, 0.25) is 0 Å². The minimum atomic E-state index is 0.0160. The van der Waals surface area contributed by atoms with Crippen LogP contribution in [0.1, 0.15) is 31.9 Å². The van der Waals surface area contributed by atoms with Gasteiger partial charge >= 0.3 is 0 Å². The molecule has 2 N–H and O–H groups in total. The van der Waals surface area contributed by atoms with Crippen molar-refractivity contribution in [2.45, 2.75) is 26.3 Å². The van der Waals surface area contributed by atoms with Crippen molar-refractivity contribution in [1.82, 2.24) is 10.6 Å². The first kappa shape index (κ1) is 14.2. The van der Waals surface area contributed by atoms with E-state index in [-0.39, 0.29) is 5.91 Å². The van der Waals surface area contributed by atoms with Gasteiger partial charge in [0.2, 0.25) is 5.91 Å². The number of carbonyl (C=O) groups is 1. The highest BCUT2D eigenvalue weighted by molar-refractivity contribution is 9.10. The number of amides is 1. The van der Waals surface area contributed by atoms with E-state index < -0.39 is 0 Å². The van der Waals surface area contributed by atoms with Crippen LogP contribution >= 0.6 is 15.9 Å². The number of hydrogen-bond donors (Lipinski definition) is 2. The van der Waals surface area contributed by atoms with Gasteiger partial charge in [0, 0.05) is 30.5 Å². The maximum Gasteiger partial charge on any atom is 0.216 e. The summed E-state index contributed by atoms with van der Waals surface area (Å²) < 4.78 is 1.09. The Balaban J connectivity index is 2.45. The summed E-state index contributed by atoms with van der Waals surface area (Å²) in [6.45, 7) is 5.13. The van der Waals surface area contributed by atoms with E-state index in [4.69, 9.17) is 0 Å². The molecule has 0 aliphatic heterocycles. The Hall–Kier alpha value is -0.870. The molecule has 94 valence electrons. The van der Waals surface area contributed by atoms with Crippen molar-refractivity contribution in [2.24, 2.45) is 0 Å². The van der Waals surface area contributed by atoms with Gasteiger partial charge in [-0.1, -0.05) is 35.0 Å². The zero-order valence-electron chi connectivity index (χ0n) is 10.3. The van der Waals surface area contributed by atoms with Gasteiger partial charge in [0.25, 0.3) is 0 Å². The van der Waals surface area contributed by atoms with Crippen molar-refractivity contribution in [3.05, 3.63) is 34.3 Å². The van der Waals surface area contributed by atoms with Crippen molar-refractivity contribution in [3.63, 3.8) is 0 Å². The van der Waals surface area contributed by atoms with Gasteiger partial charge in [0.1, 0.15) is 0 Å². The molecule has 1 aromatic carbocycles. The molecule has 0 heterocycles. The lowest BCUT2D eigenvalue weighted by atomic mass is 10.0. The van der Waals surface area contributed by atoms with Crippen LogP contribution in [-0.2, 0) is 4.79 Å². The van der Waals surface area contributed by atoms with Gasteiger partial charge in [-0.05, 0) is 24.1 Å². The summed E-state index contributed by atoms with van der Waals surface area (Å²) in [6, 6.07) is 8.64. The van der Waals surface area contributed by atoms with Crippen LogP contribution in [0.3, 0.4) is 0 Å². The summed E-state index contributed by atoms with van der Waals surface area (Å²) in [5.41, 5.74) is 1.27. The number of benzene rings is 1. The van der Waals surface area contributed by atoms with E-state index >= 15 is 0 Å². The summed E-state index contributed by atoms with van der Waals surface area (Å²) in [6.07, 6.45) is 1.02. The zero-order chi connectivity index (χ0) is 12.7. The molecule has 0 bridgehead atoms. The smallest absolute Gasteiger partial charge is 0.216 e. The van der Waals surface area contributed by atoms with Gasteiger partial charge in [0.05, 0.1) is 0 Å². The van der Waals surface area contributed by atoms with Crippen LogP contribution in [0.25, 0.3) is 0 Å². The number of rotatable bonds is 6. The lowest BCUT2D eigenvalue weighted by Crippen LogP contribution is -2.32. The largest absolute Gasteiger partial charge is 0.355 e. The van der Waals surface area contributed by atoms with Crippen molar-refractivity contribution in [1.29, 1.82) is 0 Å². The number of halogens is 1. The molecule has 0 saturated heterocycles. The molecule has 3 nitrogen and oxygen atoms in total. The van der Waals surface area contributed by atoms with Crippen LogP contribution in [0.5, 0.6) is 0 Å². The summed E-state index contributed by atoms with van der Waals surface area (Å²) in [4.78, 5) is 10.7. The number of hydrogen-bond acceptors (Lipinski definition) is 2. The fourth-order valence-corrected chi connectivity index (χ4v) is 2.12. The van der Waals surface area contributed by atoms with Gasteiger partial charge in [-0.15, -0.1) is 0 Å². The zero-order valence-corrected chi connectivity index (χ0v) is 11.9. The lowest BCUT2D eigenvalue weighted by Gasteiger charge is -2.17. The van der Waals surface area contributed by atoms with E-state index in [0.29, 0.717) is 12.6 Å². The van der Waals surface area contributed by atoms with Crippen LogP contribution in [-0.4, -0.2) is 19.0 Å². The Labute approximate surface area is 111 Å². The Bertz CT molecular complexity index is 368. The molecular weight excluding hydrogens is 280 g/mol. The Morgan fingerprint density at radius 1 is 1.41 bits per heavy atom. The van der Waals surface area contributed by atoms with Gasteiger partial charge in [-0.3, -0.25) is 4.79 Å². The SMILES string of the molecule is CCC(NCCNC(C)=O)c1cccc(Br)c1. The first-order valence-corrected chi connectivity index (χ1v) is 6.66. The van der Waals surface area contributed by atoms with Gasteiger partial charge in [0.15, 0.2) is 0 Å². The molecule has 0 aliphatic carbocycles. The summed E-state index contributed by atoms with van der Waals surface area (Å²) in [5.74, 6) is 0.0160. The van der Waals surface area contributed by atoms with E-state index in [1.54, 1.807) is 0 Å². The molecule has 0 aliphatic rings. The van der Waals surface area contributed by atoms with Gasteiger partial charge in [-0.25, -0.2) is 0 Å². The van der Waals surface area contributed by atoms with Crippen LogP contribution < -0.4 is 10.6 Å². The predicted octanol–water partition coefficient (Wildman–Crippen LogP) is 2.63. The van der Waals surface area contributed by atoms with Crippen molar-refractivity contribution < 1.29 is 4.79 Å². The van der Waals surface area contributed by atoms with Crippen molar-refractivity contribution in [3.8, 4) is 0 Å². The molecular formula is C13H19BrN2O. The molecule has 1 amide bonds. The monoisotopic (exact) mass is 298 g/mol. The average molecular weight is 299 g/mol. The molecule has 0 spiro atoms. The second-order valence-corrected chi connectivity index (χ2v) is 4.87. The second-order valence-electron chi connectivity index (χ2n) is 3.95. The number of carbonyl (C=O) groups excluding carboxylic acids is 1. The van der Waals surface area contributed by atoms with E-state index in [1.807, 2.05) is 12.1 Å². The molecule has 4 heteroatoms. The minimum absolute atomic E-state index is 0.0160. The molecule has 1 atom stereocenters. The second kappa shape index (κ2) is 7.45. The Morgan fingerprint density at radius 3 is 2.76 bits per heavy atom. The van der Waals surface area contributed by atoms with Gasteiger partial charge in [-0.2, -0.15) is 0 Å². The Kier molecular flexibility index (Phi) is 6.22. The maximum atomic E-state index is 10.7. The first-order chi connectivity index (χ1) is 8.13. The van der Waals surface area contributed by atoms with Crippen LogP contribution in [0.4, 0.5) is 0 Å². The minimum Gasteiger partial charge on any atom is -0.355 e. The third-order valence-electron chi connectivity index (χ3n) is 2.55. The molecule has 1 aromatic rings. The maximum absolute atomic E-state index is 10.7. The first-order valence-electron chi connectivity index (χ1n) is 5.86. The van der Waals surface area contributed by atoms with Crippen LogP contribution in [0.15, 0.2) is 28.7 Å². The predicted molar refractivity (Wildman–Crippen MR) is 73.9 cm³/mol. The van der Waals surface area contributed by atoms with Crippen LogP contribution in [0, 0.1) is 0 Å². The molecule has 17 heavy (non-hydrogen) atoms. The summed E-state index contributed by atoms with van der Waals surface area (Å²) in [7, 11) is 0. The number of nitrogens with one attached hydrogen (secondary N) is 2. The third-order valence-corrected chi connectivity index (χ3v) is 3.04. The average Bonchev–Trinajstić information content (AvgIpc) is 2.29. The quantitative estimate of drug-likeness (QED) is 0.793. The summed E-state index contributed by atoms with van der Waals surface area (Å²) in [5, 5.41) is 6.21. The molecule has 1 unspecified atom stereocenters. The fraction of sp³-hybridized carbons (Fsp3) is 0.462. The van der Waals surface area contributed by atoms with E-state index in [1.165, 1.54) is 12.5 Å². The van der Waals surface area contributed by atoms with Gasteiger partial charge < -0.3 is 10.6 Å².